The highest BCUT2D eigenvalue weighted by Gasteiger charge is 2.65. The Morgan fingerprint density at radius 1 is 0.692 bits per heavy atom. The lowest BCUT2D eigenvalue weighted by Gasteiger charge is -2.54. The monoisotopic (exact) mass is 562 g/mol. The maximum Gasteiger partial charge on any atom is 0.303 e. The van der Waals surface area contributed by atoms with Gasteiger partial charge in [-0.05, 0) is 0 Å². The lowest BCUT2D eigenvalue weighted by Crippen LogP contribution is -2.75. The number of rotatable bonds is 9. The molecule has 0 radical (unpaired) electrons. The molecule has 2 rings (SSSR count). The second-order valence-electron chi connectivity index (χ2n) is 9.06. The molecule has 15 nitrogen and oxygen atoms in total. The molecule has 0 aliphatic carbocycles. The van der Waals surface area contributed by atoms with Gasteiger partial charge in [0.25, 0.3) is 0 Å². The van der Waals surface area contributed by atoms with Crippen LogP contribution in [0.2, 0.25) is 0 Å². The standard InChI is InChI=1S/C24H34O15/c1-11(25)33-9-17-20(36-14(4)28)21(37-15(5)29)22(38-16(6)30)23(39-17)24(31)18(35-13(3)27)7-8-32-19(24)10-34-12(2)26/h17-23,31H,7-10H2,1-6H3/t17-,18-,19-,20+,21+,22-,23-,24+/m1/s1. The molecule has 0 aromatic rings. The summed E-state index contributed by atoms with van der Waals surface area (Å²) in [7, 11) is 0. The van der Waals surface area contributed by atoms with E-state index in [0.717, 1.165) is 41.5 Å². The van der Waals surface area contributed by atoms with Gasteiger partial charge in [-0.3, -0.25) is 28.8 Å². The van der Waals surface area contributed by atoms with Crippen LogP contribution in [0.25, 0.3) is 0 Å². The van der Waals surface area contributed by atoms with Crippen molar-refractivity contribution in [2.24, 2.45) is 0 Å². The van der Waals surface area contributed by atoms with E-state index in [1.54, 1.807) is 0 Å². The van der Waals surface area contributed by atoms with Gasteiger partial charge in [0.15, 0.2) is 23.9 Å². The zero-order chi connectivity index (χ0) is 29.5. The van der Waals surface area contributed by atoms with Gasteiger partial charge < -0.3 is 43.0 Å². The Bertz CT molecular complexity index is 948. The Morgan fingerprint density at radius 3 is 1.69 bits per heavy atom. The Labute approximate surface area is 224 Å². The van der Waals surface area contributed by atoms with Crippen LogP contribution in [0.3, 0.4) is 0 Å². The van der Waals surface area contributed by atoms with E-state index in [0.29, 0.717) is 0 Å². The third-order valence-corrected chi connectivity index (χ3v) is 5.92. The quantitative estimate of drug-likeness (QED) is 0.268. The molecule has 2 aliphatic rings. The van der Waals surface area contributed by atoms with E-state index < -0.39 is 97.4 Å². The number of esters is 6. The normalized spacial score (nSPS) is 32.2. The third kappa shape index (κ3) is 8.34. The molecule has 15 heteroatoms. The minimum absolute atomic E-state index is 0.0303. The van der Waals surface area contributed by atoms with Crippen LogP contribution in [0.15, 0.2) is 0 Å². The van der Waals surface area contributed by atoms with Crippen molar-refractivity contribution < 1.29 is 71.8 Å². The largest absolute Gasteiger partial charge is 0.463 e. The molecule has 0 amide bonds. The molecular weight excluding hydrogens is 528 g/mol. The number of hydrogen-bond acceptors (Lipinski definition) is 15. The van der Waals surface area contributed by atoms with Gasteiger partial charge in [0.2, 0.25) is 0 Å². The fourth-order valence-corrected chi connectivity index (χ4v) is 4.58. The maximum atomic E-state index is 12.2. The van der Waals surface area contributed by atoms with E-state index >= 15 is 0 Å². The molecule has 0 bridgehead atoms. The first-order valence-electron chi connectivity index (χ1n) is 12.1. The molecule has 8 atom stereocenters. The Balaban J connectivity index is 2.73. The van der Waals surface area contributed by atoms with E-state index in [1.165, 1.54) is 0 Å². The van der Waals surface area contributed by atoms with Gasteiger partial charge >= 0.3 is 35.8 Å². The molecule has 2 saturated heterocycles. The van der Waals surface area contributed by atoms with Crippen LogP contribution in [0.5, 0.6) is 0 Å². The molecule has 2 aliphatic heterocycles. The molecule has 0 aromatic heterocycles. The number of hydrogen-bond donors (Lipinski definition) is 1. The highest BCUT2D eigenvalue weighted by Crippen LogP contribution is 2.41. The Morgan fingerprint density at radius 2 is 1.18 bits per heavy atom. The number of carbonyl (C=O) groups is 6. The first kappa shape index (κ1) is 31.9. The van der Waals surface area contributed by atoms with E-state index in [9.17, 15) is 33.9 Å². The highest BCUT2D eigenvalue weighted by atomic mass is 16.7. The topological polar surface area (TPSA) is 196 Å². The van der Waals surface area contributed by atoms with Gasteiger partial charge in [0, 0.05) is 48.0 Å². The molecule has 0 unspecified atom stereocenters. The third-order valence-electron chi connectivity index (χ3n) is 5.92. The molecule has 0 aromatic carbocycles. The summed E-state index contributed by atoms with van der Waals surface area (Å²) < 4.78 is 43.5. The van der Waals surface area contributed by atoms with E-state index in [2.05, 4.69) is 0 Å². The summed E-state index contributed by atoms with van der Waals surface area (Å²) in [5.74, 6) is -4.83. The SMILES string of the molecule is CC(=O)OC[C@H]1O[C@@H]([C@@]2(O)[C@@H](COC(C)=O)OCC[C@H]2OC(C)=O)[C@H](OC(C)=O)[C@@H](OC(C)=O)[C@H]1OC(C)=O. The summed E-state index contributed by atoms with van der Waals surface area (Å²) >= 11 is 0. The summed E-state index contributed by atoms with van der Waals surface area (Å²) in [5.41, 5.74) is -2.40. The second kappa shape index (κ2) is 13.7. The van der Waals surface area contributed by atoms with Crippen LogP contribution in [0.1, 0.15) is 48.0 Å². The molecule has 1 N–H and O–H groups in total. The van der Waals surface area contributed by atoms with Crippen molar-refractivity contribution >= 4 is 35.8 Å². The van der Waals surface area contributed by atoms with E-state index in [-0.39, 0.29) is 13.0 Å². The predicted octanol–water partition coefficient (Wildman–Crippen LogP) is -0.873. The minimum atomic E-state index is -2.40. The van der Waals surface area contributed by atoms with Gasteiger partial charge in [-0.1, -0.05) is 0 Å². The zero-order valence-corrected chi connectivity index (χ0v) is 22.5. The van der Waals surface area contributed by atoms with Crippen molar-refractivity contribution in [2.75, 3.05) is 19.8 Å². The predicted molar refractivity (Wildman–Crippen MR) is 123 cm³/mol. The number of ether oxygens (including phenoxy) is 8. The number of carbonyl (C=O) groups excluding carboxylic acids is 6. The van der Waals surface area contributed by atoms with Crippen molar-refractivity contribution in [3.8, 4) is 0 Å². The first-order chi connectivity index (χ1) is 18.2. The fourth-order valence-electron chi connectivity index (χ4n) is 4.58. The van der Waals surface area contributed by atoms with Crippen molar-refractivity contribution in [2.45, 2.75) is 96.3 Å². The smallest absolute Gasteiger partial charge is 0.303 e. The highest BCUT2D eigenvalue weighted by molar-refractivity contribution is 5.69. The van der Waals surface area contributed by atoms with Crippen LogP contribution >= 0.6 is 0 Å². The van der Waals surface area contributed by atoms with Gasteiger partial charge in [0.1, 0.15) is 37.6 Å². The van der Waals surface area contributed by atoms with Crippen LogP contribution in [-0.2, 0) is 66.7 Å². The molecule has 0 saturated carbocycles. The molecular formula is C24H34O15. The minimum Gasteiger partial charge on any atom is -0.463 e. The van der Waals surface area contributed by atoms with Crippen LogP contribution in [0, 0.1) is 0 Å². The summed E-state index contributed by atoms with van der Waals surface area (Å²) in [4.78, 5) is 71.4. The van der Waals surface area contributed by atoms with Crippen LogP contribution < -0.4 is 0 Å². The fraction of sp³-hybridized carbons (Fsp3) is 0.750. The Hall–Kier alpha value is -3.30. The summed E-state index contributed by atoms with van der Waals surface area (Å²) in [6, 6.07) is 0. The Kier molecular flexibility index (Phi) is 11.2. The lowest BCUT2D eigenvalue weighted by molar-refractivity contribution is -0.325. The lowest BCUT2D eigenvalue weighted by atomic mass is 9.75. The molecule has 0 spiro atoms. The van der Waals surface area contributed by atoms with Crippen molar-refractivity contribution in [3.05, 3.63) is 0 Å². The van der Waals surface area contributed by atoms with Gasteiger partial charge in [-0.2, -0.15) is 0 Å². The summed E-state index contributed by atoms with van der Waals surface area (Å²) in [6.45, 7) is 5.38. The van der Waals surface area contributed by atoms with Crippen molar-refractivity contribution in [3.63, 3.8) is 0 Å². The average molecular weight is 563 g/mol. The zero-order valence-electron chi connectivity index (χ0n) is 22.5. The average Bonchev–Trinajstić information content (AvgIpc) is 2.79. The van der Waals surface area contributed by atoms with E-state index in [4.69, 9.17) is 37.9 Å². The second-order valence-corrected chi connectivity index (χ2v) is 9.06. The van der Waals surface area contributed by atoms with Crippen molar-refractivity contribution in [1.82, 2.24) is 0 Å². The van der Waals surface area contributed by atoms with E-state index in [1.807, 2.05) is 0 Å². The summed E-state index contributed by atoms with van der Waals surface area (Å²) in [5, 5.41) is 12.2. The molecule has 2 fully saturated rings. The molecule has 39 heavy (non-hydrogen) atoms. The van der Waals surface area contributed by atoms with Crippen LogP contribution in [0.4, 0.5) is 0 Å². The number of aliphatic hydroxyl groups is 1. The van der Waals surface area contributed by atoms with Gasteiger partial charge in [-0.25, -0.2) is 0 Å². The molecule has 220 valence electrons. The van der Waals surface area contributed by atoms with Crippen molar-refractivity contribution in [1.29, 1.82) is 0 Å². The van der Waals surface area contributed by atoms with Crippen LogP contribution in [-0.4, -0.2) is 109 Å². The summed E-state index contributed by atoms with van der Waals surface area (Å²) in [6.07, 6.45) is -10.6. The van der Waals surface area contributed by atoms with Gasteiger partial charge in [-0.15, -0.1) is 0 Å². The molecule has 2 heterocycles. The first-order valence-corrected chi connectivity index (χ1v) is 12.1. The maximum absolute atomic E-state index is 12.2. The van der Waals surface area contributed by atoms with Gasteiger partial charge in [0.05, 0.1) is 6.61 Å².